The molecule has 0 radical (unpaired) electrons. The molecule has 21 heavy (non-hydrogen) atoms. The van der Waals surface area contributed by atoms with Crippen LogP contribution in [-0.2, 0) is 15.1 Å². The van der Waals surface area contributed by atoms with Gasteiger partial charge in [-0.2, -0.15) is 0 Å². The van der Waals surface area contributed by atoms with E-state index in [1.807, 2.05) is 6.92 Å². The van der Waals surface area contributed by atoms with Gasteiger partial charge in [-0.3, -0.25) is 4.79 Å². The molecular weight excluding hydrogens is 260 g/mol. The van der Waals surface area contributed by atoms with Gasteiger partial charge in [0.25, 0.3) is 0 Å². The molecule has 2 nitrogen and oxygen atoms in total. The van der Waals surface area contributed by atoms with Gasteiger partial charge in [0.05, 0.1) is 5.92 Å². The van der Waals surface area contributed by atoms with E-state index in [2.05, 4.69) is 62.4 Å². The monoisotopic (exact) mass is 280 g/mol. The Hall–Kier alpha value is -2.09. The Morgan fingerprint density at radius 2 is 1.33 bits per heavy atom. The number of benzene rings is 2. The first-order chi connectivity index (χ1) is 10.0. The van der Waals surface area contributed by atoms with Crippen LogP contribution in [0.2, 0.25) is 0 Å². The van der Waals surface area contributed by atoms with Gasteiger partial charge in [-0.15, -0.1) is 0 Å². The Balaban J connectivity index is 2.14. The van der Waals surface area contributed by atoms with Gasteiger partial charge in [0.15, 0.2) is 5.60 Å². The van der Waals surface area contributed by atoms with Crippen molar-refractivity contribution in [3.05, 3.63) is 70.8 Å². The lowest BCUT2D eigenvalue weighted by Crippen LogP contribution is -2.27. The van der Waals surface area contributed by atoms with Crippen LogP contribution in [-0.4, -0.2) is 5.97 Å². The largest absolute Gasteiger partial charge is 0.449 e. The van der Waals surface area contributed by atoms with Crippen LogP contribution in [0.1, 0.15) is 35.6 Å². The van der Waals surface area contributed by atoms with Crippen molar-refractivity contribution < 1.29 is 9.53 Å². The molecule has 108 valence electrons. The van der Waals surface area contributed by atoms with Crippen LogP contribution in [0.4, 0.5) is 0 Å². The fourth-order valence-corrected chi connectivity index (χ4v) is 2.99. The van der Waals surface area contributed by atoms with Crippen LogP contribution in [0.15, 0.2) is 48.5 Å². The summed E-state index contributed by atoms with van der Waals surface area (Å²) in [7, 11) is 0. The van der Waals surface area contributed by atoms with E-state index in [1.165, 1.54) is 11.1 Å². The number of carbonyl (C=O) groups is 1. The van der Waals surface area contributed by atoms with E-state index in [4.69, 9.17) is 4.74 Å². The molecule has 0 spiro atoms. The maximum atomic E-state index is 12.0. The average molecular weight is 280 g/mol. The van der Waals surface area contributed by atoms with E-state index < -0.39 is 5.60 Å². The summed E-state index contributed by atoms with van der Waals surface area (Å²) < 4.78 is 5.87. The zero-order valence-electron chi connectivity index (χ0n) is 12.7. The number of ether oxygens (including phenoxy) is 1. The highest BCUT2D eigenvalue weighted by Gasteiger charge is 2.47. The van der Waals surface area contributed by atoms with Crippen molar-refractivity contribution in [2.24, 2.45) is 5.92 Å². The number of rotatable bonds is 2. The van der Waals surface area contributed by atoms with Crippen molar-refractivity contribution in [3.63, 3.8) is 0 Å². The maximum Gasteiger partial charge on any atom is 0.310 e. The molecule has 1 atom stereocenters. The number of hydrogen-bond acceptors (Lipinski definition) is 2. The van der Waals surface area contributed by atoms with Gasteiger partial charge in [0.2, 0.25) is 0 Å². The van der Waals surface area contributed by atoms with Crippen molar-refractivity contribution in [2.45, 2.75) is 32.8 Å². The molecule has 1 heterocycles. The molecule has 0 bridgehead atoms. The average Bonchev–Trinajstić information content (AvgIpc) is 2.77. The lowest BCUT2D eigenvalue weighted by atomic mass is 9.81. The molecule has 1 fully saturated rings. The van der Waals surface area contributed by atoms with Crippen LogP contribution in [0, 0.1) is 19.8 Å². The smallest absolute Gasteiger partial charge is 0.310 e. The highest BCUT2D eigenvalue weighted by atomic mass is 16.6. The fourth-order valence-electron chi connectivity index (χ4n) is 2.99. The van der Waals surface area contributed by atoms with Crippen molar-refractivity contribution in [1.29, 1.82) is 0 Å². The fraction of sp³-hybridized carbons (Fsp3) is 0.316. The third-order valence-corrected chi connectivity index (χ3v) is 4.31. The van der Waals surface area contributed by atoms with Gasteiger partial charge in [0.1, 0.15) is 0 Å². The van der Waals surface area contributed by atoms with Gasteiger partial charge >= 0.3 is 5.97 Å². The summed E-state index contributed by atoms with van der Waals surface area (Å²) in [4.78, 5) is 12.0. The van der Waals surface area contributed by atoms with E-state index in [-0.39, 0.29) is 11.9 Å². The summed E-state index contributed by atoms with van der Waals surface area (Å²) in [6.07, 6.45) is 0.692. The van der Waals surface area contributed by atoms with Crippen LogP contribution in [0.3, 0.4) is 0 Å². The quantitative estimate of drug-likeness (QED) is 0.773. The maximum absolute atomic E-state index is 12.0. The van der Waals surface area contributed by atoms with Gasteiger partial charge in [0, 0.05) is 17.5 Å². The number of hydrogen-bond donors (Lipinski definition) is 0. The Morgan fingerprint density at radius 1 is 0.905 bits per heavy atom. The molecule has 2 heteroatoms. The minimum Gasteiger partial charge on any atom is -0.449 e. The zero-order valence-corrected chi connectivity index (χ0v) is 12.7. The van der Waals surface area contributed by atoms with E-state index in [9.17, 15) is 4.79 Å². The van der Waals surface area contributed by atoms with Crippen molar-refractivity contribution >= 4 is 5.97 Å². The zero-order chi connectivity index (χ0) is 15.0. The van der Waals surface area contributed by atoms with Crippen molar-refractivity contribution in [3.8, 4) is 0 Å². The molecule has 0 aliphatic carbocycles. The molecule has 2 aromatic carbocycles. The minimum absolute atomic E-state index is 0.0763. The molecule has 3 rings (SSSR count). The standard InChI is InChI=1S/C19H20O2/c1-13-4-8-16(9-5-13)19(12-15(3)18(20)21-19)17-10-6-14(2)7-11-17/h4-11,15H,12H2,1-3H3/t15-/m1/s1. The molecule has 0 unspecified atom stereocenters. The van der Waals surface area contributed by atoms with E-state index in [1.54, 1.807) is 0 Å². The normalized spacial score (nSPS) is 20.3. The Labute approximate surface area is 125 Å². The molecule has 2 aromatic rings. The van der Waals surface area contributed by atoms with E-state index in [0.717, 1.165) is 11.1 Å². The number of aryl methyl sites for hydroxylation is 2. The van der Waals surface area contributed by atoms with Crippen LogP contribution >= 0.6 is 0 Å². The predicted molar refractivity (Wildman–Crippen MR) is 83.0 cm³/mol. The molecule has 1 saturated heterocycles. The summed E-state index contributed by atoms with van der Waals surface area (Å²) in [5.74, 6) is -0.191. The summed E-state index contributed by atoms with van der Waals surface area (Å²) in [5, 5.41) is 0. The third-order valence-electron chi connectivity index (χ3n) is 4.31. The summed E-state index contributed by atoms with van der Waals surface area (Å²) in [6, 6.07) is 16.6. The molecule has 0 amide bonds. The van der Waals surface area contributed by atoms with Crippen LogP contribution in [0.5, 0.6) is 0 Å². The first-order valence-corrected chi connectivity index (χ1v) is 7.38. The molecular formula is C19H20O2. The van der Waals surface area contributed by atoms with Gasteiger partial charge in [-0.1, -0.05) is 66.6 Å². The van der Waals surface area contributed by atoms with E-state index in [0.29, 0.717) is 6.42 Å². The molecule has 0 saturated carbocycles. The molecule has 0 N–H and O–H groups in total. The van der Waals surface area contributed by atoms with Gasteiger partial charge in [-0.05, 0) is 13.8 Å². The Morgan fingerprint density at radius 3 is 1.67 bits per heavy atom. The topological polar surface area (TPSA) is 26.3 Å². The molecule has 0 aromatic heterocycles. The first kappa shape index (κ1) is 13.9. The minimum atomic E-state index is -0.641. The van der Waals surface area contributed by atoms with Gasteiger partial charge < -0.3 is 4.74 Å². The van der Waals surface area contributed by atoms with Crippen LogP contribution in [0.25, 0.3) is 0 Å². The Kier molecular flexibility index (Phi) is 3.32. The second-order valence-corrected chi connectivity index (χ2v) is 6.09. The summed E-state index contributed by atoms with van der Waals surface area (Å²) >= 11 is 0. The first-order valence-electron chi connectivity index (χ1n) is 7.38. The number of esters is 1. The highest BCUT2D eigenvalue weighted by Crippen LogP contribution is 2.45. The molecule has 1 aliphatic rings. The Bertz CT molecular complexity index is 607. The van der Waals surface area contributed by atoms with Crippen LogP contribution < -0.4 is 0 Å². The SMILES string of the molecule is Cc1ccc(C2(c3ccc(C)cc3)C[C@@H](C)C(=O)O2)cc1. The lowest BCUT2D eigenvalue weighted by molar-refractivity contribution is -0.148. The van der Waals surface area contributed by atoms with Gasteiger partial charge in [-0.25, -0.2) is 0 Å². The number of cyclic esters (lactones) is 1. The number of carbonyl (C=O) groups excluding carboxylic acids is 1. The van der Waals surface area contributed by atoms with Crippen molar-refractivity contribution in [1.82, 2.24) is 0 Å². The second kappa shape index (κ2) is 5.03. The predicted octanol–water partition coefficient (Wildman–Crippen LogP) is 4.13. The summed E-state index contributed by atoms with van der Waals surface area (Å²) in [6.45, 7) is 6.06. The summed E-state index contributed by atoms with van der Waals surface area (Å²) in [5.41, 5.74) is 3.87. The molecule has 1 aliphatic heterocycles. The third kappa shape index (κ3) is 2.35. The highest BCUT2D eigenvalue weighted by molar-refractivity contribution is 5.76. The van der Waals surface area contributed by atoms with E-state index >= 15 is 0 Å². The lowest BCUT2D eigenvalue weighted by Gasteiger charge is -2.29. The van der Waals surface area contributed by atoms with Crippen molar-refractivity contribution in [2.75, 3.05) is 0 Å². The second-order valence-electron chi connectivity index (χ2n) is 6.09.